The maximum atomic E-state index is 8.96. The molecule has 0 bridgehead atoms. The van der Waals surface area contributed by atoms with Gasteiger partial charge in [-0.1, -0.05) is 23.5 Å². The van der Waals surface area contributed by atoms with Gasteiger partial charge in [0.1, 0.15) is 11.6 Å². The molecule has 5 heteroatoms. The Balaban J connectivity index is 2.42. The van der Waals surface area contributed by atoms with E-state index in [0.717, 1.165) is 10.8 Å². The van der Waals surface area contributed by atoms with Gasteiger partial charge in [0.25, 0.3) is 0 Å². The van der Waals surface area contributed by atoms with Crippen LogP contribution in [0.1, 0.15) is 5.56 Å². The van der Waals surface area contributed by atoms with Gasteiger partial charge in [0.15, 0.2) is 0 Å². The van der Waals surface area contributed by atoms with E-state index in [9.17, 15) is 0 Å². The number of aromatic nitrogens is 2. The summed E-state index contributed by atoms with van der Waals surface area (Å²) in [5.41, 5.74) is 3.15. The zero-order valence-electron chi connectivity index (χ0n) is 8.08. The number of para-hydroxylation sites is 1. The first-order chi connectivity index (χ1) is 7.33. The Morgan fingerprint density at radius 3 is 2.87 bits per heavy atom. The highest BCUT2D eigenvalue weighted by atomic mass is 32.1. The van der Waals surface area contributed by atoms with Gasteiger partial charge < -0.3 is 4.90 Å². The van der Waals surface area contributed by atoms with Crippen LogP contribution in [0.2, 0.25) is 0 Å². The molecule has 4 nitrogen and oxygen atoms in total. The third-order valence-corrected chi connectivity index (χ3v) is 2.79. The minimum absolute atomic E-state index is 0.634. The minimum atomic E-state index is 0.634. The van der Waals surface area contributed by atoms with Gasteiger partial charge in [0, 0.05) is 7.05 Å². The van der Waals surface area contributed by atoms with Crippen LogP contribution in [0.5, 0.6) is 0 Å². The molecule has 0 saturated heterocycles. The van der Waals surface area contributed by atoms with Gasteiger partial charge >= 0.3 is 0 Å². The topological polar surface area (TPSA) is 52.8 Å². The number of nitrogens with zero attached hydrogens (tertiary/aromatic N) is 4. The van der Waals surface area contributed by atoms with Crippen molar-refractivity contribution < 1.29 is 0 Å². The molecular weight excluding hydrogens is 208 g/mol. The summed E-state index contributed by atoms with van der Waals surface area (Å²) in [6.07, 6.45) is 0. The third-order valence-electron chi connectivity index (χ3n) is 2.02. The smallest absolute Gasteiger partial charge is 0.212 e. The molecule has 0 amide bonds. The van der Waals surface area contributed by atoms with Gasteiger partial charge in [0.2, 0.25) is 5.13 Å². The van der Waals surface area contributed by atoms with Crippen LogP contribution in [0.15, 0.2) is 29.8 Å². The Labute approximate surface area is 91.4 Å². The molecule has 0 aliphatic carbocycles. The van der Waals surface area contributed by atoms with Crippen molar-refractivity contribution in [2.75, 3.05) is 11.9 Å². The van der Waals surface area contributed by atoms with Crippen LogP contribution in [0, 0.1) is 11.3 Å². The summed E-state index contributed by atoms with van der Waals surface area (Å²) in [6.45, 7) is 0. The molecule has 0 atom stereocenters. The molecule has 74 valence electrons. The van der Waals surface area contributed by atoms with E-state index in [-0.39, 0.29) is 0 Å². The molecule has 0 unspecified atom stereocenters. The number of hydrogen-bond donors (Lipinski definition) is 0. The van der Waals surface area contributed by atoms with Crippen molar-refractivity contribution in [2.24, 2.45) is 0 Å². The van der Waals surface area contributed by atoms with E-state index >= 15 is 0 Å². The Kier molecular flexibility index (Phi) is 2.61. The molecule has 2 rings (SSSR count). The molecule has 0 spiro atoms. The second-order valence-electron chi connectivity index (χ2n) is 2.91. The fraction of sp³-hybridized carbons (Fsp3) is 0.100. The SMILES string of the molecule is CN(c1nncs1)c1ccccc1C#N. The molecule has 1 aromatic carbocycles. The number of anilines is 2. The van der Waals surface area contributed by atoms with Gasteiger partial charge in [-0.3, -0.25) is 0 Å². The first-order valence-corrected chi connectivity index (χ1v) is 5.20. The molecule has 0 radical (unpaired) electrons. The summed E-state index contributed by atoms with van der Waals surface area (Å²) in [6, 6.07) is 9.57. The number of hydrogen-bond acceptors (Lipinski definition) is 5. The Bertz CT molecular complexity index is 486. The van der Waals surface area contributed by atoms with Crippen molar-refractivity contribution in [1.82, 2.24) is 10.2 Å². The molecule has 0 fully saturated rings. The minimum Gasteiger partial charge on any atom is -0.318 e. The van der Waals surface area contributed by atoms with Crippen LogP contribution in [-0.2, 0) is 0 Å². The second-order valence-corrected chi connectivity index (χ2v) is 3.72. The summed E-state index contributed by atoms with van der Waals surface area (Å²) in [4.78, 5) is 1.86. The summed E-state index contributed by atoms with van der Waals surface area (Å²) in [5, 5.41) is 17.5. The van der Waals surface area contributed by atoms with Crippen LogP contribution in [0.3, 0.4) is 0 Å². The van der Waals surface area contributed by atoms with Crippen molar-refractivity contribution in [2.45, 2.75) is 0 Å². The summed E-state index contributed by atoms with van der Waals surface area (Å²) in [5.74, 6) is 0. The molecule has 0 aliphatic rings. The average Bonchev–Trinajstić information content (AvgIpc) is 2.81. The highest BCUT2D eigenvalue weighted by Crippen LogP contribution is 2.26. The first-order valence-electron chi connectivity index (χ1n) is 4.32. The lowest BCUT2D eigenvalue weighted by molar-refractivity contribution is 1.04. The molecule has 0 aliphatic heterocycles. The van der Waals surface area contributed by atoms with Crippen molar-refractivity contribution in [3.8, 4) is 6.07 Å². The van der Waals surface area contributed by atoms with E-state index in [2.05, 4.69) is 16.3 Å². The van der Waals surface area contributed by atoms with Gasteiger partial charge in [-0.15, -0.1) is 10.2 Å². The molecule has 1 heterocycles. The van der Waals surface area contributed by atoms with Gasteiger partial charge in [-0.05, 0) is 12.1 Å². The molecule has 15 heavy (non-hydrogen) atoms. The predicted octanol–water partition coefficient (Wildman–Crippen LogP) is 2.18. The fourth-order valence-electron chi connectivity index (χ4n) is 1.28. The summed E-state index contributed by atoms with van der Waals surface area (Å²) in [7, 11) is 1.87. The zero-order chi connectivity index (χ0) is 10.7. The van der Waals surface area contributed by atoms with Crippen LogP contribution in [0.4, 0.5) is 10.8 Å². The van der Waals surface area contributed by atoms with E-state index < -0.39 is 0 Å². The monoisotopic (exact) mass is 216 g/mol. The van der Waals surface area contributed by atoms with Crippen molar-refractivity contribution in [1.29, 1.82) is 5.26 Å². The third kappa shape index (κ3) is 1.80. The summed E-state index contributed by atoms with van der Waals surface area (Å²) >= 11 is 1.44. The maximum absolute atomic E-state index is 8.96. The van der Waals surface area contributed by atoms with Gasteiger partial charge in [-0.2, -0.15) is 5.26 Å². The first kappa shape index (κ1) is 9.62. The number of benzene rings is 1. The molecular formula is C10H8N4S. The average molecular weight is 216 g/mol. The van der Waals surface area contributed by atoms with E-state index in [1.807, 2.05) is 30.1 Å². The Morgan fingerprint density at radius 2 is 2.20 bits per heavy atom. The standard InChI is InChI=1S/C10H8N4S/c1-14(10-13-12-7-15-10)9-5-3-2-4-8(9)6-11/h2-5,7H,1H3. The van der Waals surface area contributed by atoms with E-state index in [1.54, 1.807) is 11.6 Å². The Morgan fingerprint density at radius 1 is 1.40 bits per heavy atom. The molecule has 0 saturated carbocycles. The number of rotatable bonds is 2. The molecule has 2 aromatic rings. The maximum Gasteiger partial charge on any atom is 0.212 e. The van der Waals surface area contributed by atoms with Gasteiger partial charge in [-0.25, -0.2) is 0 Å². The van der Waals surface area contributed by atoms with E-state index in [0.29, 0.717) is 5.56 Å². The van der Waals surface area contributed by atoms with E-state index in [1.165, 1.54) is 11.3 Å². The highest BCUT2D eigenvalue weighted by Gasteiger charge is 2.10. The van der Waals surface area contributed by atoms with Gasteiger partial charge in [0.05, 0.1) is 11.3 Å². The lowest BCUT2D eigenvalue weighted by Crippen LogP contribution is -2.10. The highest BCUT2D eigenvalue weighted by molar-refractivity contribution is 7.13. The normalized spacial score (nSPS) is 9.60. The van der Waals surface area contributed by atoms with Crippen LogP contribution >= 0.6 is 11.3 Å². The molecule has 0 N–H and O–H groups in total. The van der Waals surface area contributed by atoms with Crippen LogP contribution < -0.4 is 4.90 Å². The fourth-order valence-corrected chi connectivity index (χ4v) is 1.82. The molecule has 1 aromatic heterocycles. The summed E-state index contributed by atoms with van der Waals surface area (Å²) < 4.78 is 0. The second kappa shape index (κ2) is 4.07. The van der Waals surface area contributed by atoms with Crippen molar-refractivity contribution in [3.05, 3.63) is 35.3 Å². The predicted molar refractivity (Wildman–Crippen MR) is 59.1 cm³/mol. The zero-order valence-corrected chi connectivity index (χ0v) is 8.90. The Hall–Kier alpha value is -1.93. The van der Waals surface area contributed by atoms with Crippen LogP contribution in [0.25, 0.3) is 0 Å². The largest absolute Gasteiger partial charge is 0.318 e. The van der Waals surface area contributed by atoms with Crippen molar-refractivity contribution >= 4 is 22.2 Å². The lowest BCUT2D eigenvalue weighted by Gasteiger charge is -2.15. The lowest BCUT2D eigenvalue weighted by atomic mass is 10.2. The van der Waals surface area contributed by atoms with Crippen molar-refractivity contribution in [3.63, 3.8) is 0 Å². The van der Waals surface area contributed by atoms with E-state index in [4.69, 9.17) is 5.26 Å². The van der Waals surface area contributed by atoms with Crippen LogP contribution in [-0.4, -0.2) is 17.2 Å². The quantitative estimate of drug-likeness (QED) is 0.772. The number of nitriles is 1.